The lowest BCUT2D eigenvalue weighted by Gasteiger charge is -2.24. The Hall–Kier alpha value is -1.41. The van der Waals surface area contributed by atoms with E-state index in [-0.39, 0.29) is 45.2 Å². The number of hydrogen-bond acceptors (Lipinski definition) is 8. The van der Waals surface area contributed by atoms with Crippen molar-refractivity contribution in [2.45, 2.75) is 43.4 Å². The van der Waals surface area contributed by atoms with E-state index in [1.165, 1.54) is 24.0 Å². The molecule has 33 heavy (non-hydrogen) atoms. The Morgan fingerprint density at radius 2 is 1.88 bits per heavy atom. The molecular weight excluding hydrogens is 562 g/mol. The van der Waals surface area contributed by atoms with Gasteiger partial charge in [-0.15, -0.1) is 5.10 Å². The predicted molar refractivity (Wildman–Crippen MR) is 129 cm³/mol. The van der Waals surface area contributed by atoms with Gasteiger partial charge in [-0.25, -0.2) is 21.6 Å². The zero-order valence-electron chi connectivity index (χ0n) is 19.1. The van der Waals surface area contributed by atoms with Crippen molar-refractivity contribution >= 4 is 64.4 Å². The van der Waals surface area contributed by atoms with Gasteiger partial charge in [-0.05, 0) is 55.8 Å². The first-order valence-corrected chi connectivity index (χ1v) is 14.4. The SMILES string of the molecule is C[C@@H](COCCN(C)C(=O)OC(C)(C)C)S(=O)(=O)c1cc(Cl)c2c(c1)c(Br)nn2S(C)(=O)=O. The van der Waals surface area contributed by atoms with E-state index in [9.17, 15) is 21.6 Å². The lowest BCUT2D eigenvalue weighted by molar-refractivity contribution is 0.0233. The van der Waals surface area contributed by atoms with E-state index in [4.69, 9.17) is 21.1 Å². The van der Waals surface area contributed by atoms with Gasteiger partial charge in [0, 0.05) is 19.0 Å². The van der Waals surface area contributed by atoms with Crippen LogP contribution in [0.2, 0.25) is 5.02 Å². The Morgan fingerprint density at radius 1 is 1.27 bits per heavy atom. The van der Waals surface area contributed by atoms with E-state index in [0.29, 0.717) is 0 Å². The number of ether oxygens (including phenoxy) is 2. The lowest BCUT2D eigenvalue weighted by atomic mass is 10.2. The van der Waals surface area contributed by atoms with Gasteiger partial charge < -0.3 is 14.4 Å². The van der Waals surface area contributed by atoms with Gasteiger partial charge in [-0.2, -0.15) is 4.09 Å². The van der Waals surface area contributed by atoms with Gasteiger partial charge >= 0.3 is 6.09 Å². The summed E-state index contributed by atoms with van der Waals surface area (Å²) in [5, 5.41) is 3.15. The number of halogens is 2. The molecule has 10 nitrogen and oxygen atoms in total. The number of amides is 1. The Balaban J connectivity index is 2.12. The van der Waals surface area contributed by atoms with Crippen molar-refractivity contribution in [3.05, 3.63) is 21.8 Å². The number of likely N-dealkylation sites (N-methyl/N-ethyl adjacent to an activating group) is 1. The number of hydrogen-bond donors (Lipinski definition) is 0. The molecule has 0 fully saturated rings. The quantitative estimate of drug-likeness (QED) is 0.430. The molecule has 1 aromatic carbocycles. The second-order valence-corrected chi connectivity index (χ2v) is 13.9. The van der Waals surface area contributed by atoms with Crippen molar-refractivity contribution in [3.63, 3.8) is 0 Å². The minimum absolute atomic E-state index is 0.0678. The summed E-state index contributed by atoms with van der Waals surface area (Å²) in [6.45, 7) is 6.98. The van der Waals surface area contributed by atoms with Crippen LogP contribution in [0.1, 0.15) is 27.7 Å². The van der Waals surface area contributed by atoms with E-state index in [1.807, 2.05) is 0 Å². The first-order valence-electron chi connectivity index (χ1n) is 9.79. The molecule has 1 atom stereocenters. The topological polar surface area (TPSA) is 125 Å². The highest BCUT2D eigenvalue weighted by molar-refractivity contribution is 9.10. The van der Waals surface area contributed by atoms with Gasteiger partial charge in [0.05, 0.1) is 34.6 Å². The van der Waals surface area contributed by atoms with Gasteiger partial charge in [-0.3, -0.25) is 0 Å². The summed E-state index contributed by atoms with van der Waals surface area (Å²) in [4.78, 5) is 13.2. The van der Waals surface area contributed by atoms with Gasteiger partial charge in [0.25, 0.3) is 10.0 Å². The fraction of sp³-hybridized carbons (Fsp3) is 0.579. The van der Waals surface area contributed by atoms with E-state index >= 15 is 0 Å². The third-order valence-electron chi connectivity index (χ3n) is 4.43. The van der Waals surface area contributed by atoms with Crippen LogP contribution in [0, 0.1) is 0 Å². The third-order valence-corrected chi connectivity index (χ3v) is 8.28. The molecular formula is C19H27BrClN3O7S2. The fourth-order valence-electron chi connectivity index (χ4n) is 2.72. The highest BCUT2D eigenvalue weighted by atomic mass is 79.9. The molecule has 2 rings (SSSR count). The van der Waals surface area contributed by atoms with Crippen LogP contribution in [0.3, 0.4) is 0 Å². The van der Waals surface area contributed by atoms with Gasteiger partial charge in [0.1, 0.15) is 15.7 Å². The van der Waals surface area contributed by atoms with E-state index in [1.54, 1.807) is 27.8 Å². The minimum atomic E-state index is -3.86. The summed E-state index contributed by atoms with van der Waals surface area (Å²) in [6.07, 6.45) is 0.460. The van der Waals surface area contributed by atoms with Crippen LogP contribution < -0.4 is 0 Å². The highest BCUT2D eigenvalue weighted by Crippen LogP contribution is 2.34. The number of rotatable bonds is 8. The van der Waals surface area contributed by atoms with Crippen LogP contribution >= 0.6 is 27.5 Å². The maximum Gasteiger partial charge on any atom is 0.410 e. The van der Waals surface area contributed by atoms with Crippen LogP contribution in [0.4, 0.5) is 4.79 Å². The molecule has 0 saturated carbocycles. The average Bonchev–Trinajstić information content (AvgIpc) is 3.01. The molecule has 0 saturated heterocycles. The molecule has 0 aliphatic heterocycles. The number of benzene rings is 1. The van der Waals surface area contributed by atoms with Gasteiger partial charge in [0.2, 0.25) is 0 Å². The maximum atomic E-state index is 13.1. The molecule has 0 spiro atoms. The summed E-state index contributed by atoms with van der Waals surface area (Å²) in [5.74, 6) is 0. The zero-order chi connectivity index (χ0) is 25.4. The molecule has 0 aliphatic rings. The number of carbonyl (C=O) groups excluding carboxylic acids is 1. The number of sulfone groups is 1. The Bertz CT molecular complexity index is 1250. The normalized spacial score (nSPS) is 13.8. The molecule has 0 unspecified atom stereocenters. The molecule has 0 aliphatic carbocycles. The average molecular weight is 589 g/mol. The number of fused-ring (bicyclic) bond motifs is 1. The highest BCUT2D eigenvalue weighted by Gasteiger charge is 2.28. The van der Waals surface area contributed by atoms with Crippen molar-refractivity contribution < 1.29 is 31.1 Å². The lowest BCUT2D eigenvalue weighted by Crippen LogP contribution is -2.36. The third kappa shape index (κ3) is 6.81. The maximum absolute atomic E-state index is 13.1. The number of nitrogens with zero attached hydrogens (tertiary/aromatic N) is 3. The molecule has 14 heteroatoms. The molecule has 0 N–H and O–H groups in total. The second kappa shape index (κ2) is 10.1. The van der Waals surface area contributed by atoms with Crippen LogP contribution in [0.15, 0.2) is 21.6 Å². The monoisotopic (exact) mass is 587 g/mol. The Kier molecular flexibility index (Phi) is 8.49. The minimum Gasteiger partial charge on any atom is -0.444 e. The summed E-state index contributed by atoms with van der Waals surface area (Å²) >= 11 is 9.40. The van der Waals surface area contributed by atoms with Crippen LogP contribution in [-0.4, -0.2) is 80.9 Å². The molecule has 1 heterocycles. The Morgan fingerprint density at radius 3 is 2.42 bits per heavy atom. The summed E-state index contributed by atoms with van der Waals surface area (Å²) in [5.41, 5.74) is -0.539. The van der Waals surface area contributed by atoms with Crippen LogP contribution in [0.5, 0.6) is 0 Å². The largest absolute Gasteiger partial charge is 0.444 e. The van der Waals surface area contributed by atoms with Crippen molar-refractivity contribution in [2.75, 3.05) is 33.1 Å². The molecule has 2 aromatic rings. The fourth-order valence-corrected chi connectivity index (χ4v) is 5.76. The van der Waals surface area contributed by atoms with Crippen molar-refractivity contribution in [2.24, 2.45) is 0 Å². The Labute approximate surface area is 207 Å². The first kappa shape index (κ1) is 27.8. The second-order valence-electron chi connectivity index (χ2n) is 8.53. The van der Waals surface area contributed by atoms with E-state index in [0.717, 1.165) is 10.3 Å². The van der Waals surface area contributed by atoms with Crippen molar-refractivity contribution in [1.29, 1.82) is 0 Å². The van der Waals surface area contributed by atoms with Crippen LogP contribution in [0.25, 0.3) is 10.9 Å². The summed E-state index contributed by atoms with van der Waals surface area (Å²) < 4.78 is 61.6. The number of carbonyl (C=O) groups is 1. The summed E-state index contributed by atoms with van der Waals surface area (Å²) in [6, 6.07) is 2.52. The van der Waals surface area contributed by atoms with Gasteiger partial charge in [0.15, 0.2) is 9.84 Å². The van der Waals surface area contributed by atoms with Gasteiger partial charge in [-0.1, -0.05) is 11.6 Å². The van der Waals surface area contributed by atoms with E-state index < -0.39 is 36.8 Å². The van der Waals surface area contributed by atoms with Crippen molar-refractivity contribution in [3.8, 4) is 0 Å². The molecule has 186 valence electrons. The molecule has 0 radical (unpaired) electrons. The predicted octanol–water partition coefficient (Wildman–Crippen LogP) is 3.31. The van der Waals surface area contributed by atoms with E-state index in [2.05, 4.69) is 21.0 Å². The first-order chi connectivity index (χ1) is 14.9. The number of aromatic nitrogens is 2. The standard InChI is InChI=1S/C19H27BrClN3O7S2/c1-12(11-30-8-7-23(5)18(25)31-19(2,3)4)33(28,29)13-9-14-16(15(21)10-13)24(22-17(14)20)32(6,26)27/h9-10,12H,7-8,11H2,1-6H3/t12-/m0/s1. The van der Waals surface area contributed by atoms with Crippen molar-refractivity contribution in [1.82, 2.24) is 14.1 Å². The zero-order valence-corrected chi connectivity index (χ0v) is 23.1. The summed E-state index contributed by atoms with van der Waals surface area (Å²) in [7, 11) is -6.05. The van der Waals surface area contributed by atoms with Crippen LogP contribution in [-0.2, 0) is 29.3 Å². The molecule has 1 aromatic heterocycles. The smallest absolute Gasteiger partial charge is 0.410 e. The molecule has 1 amide bonds. The molecule has 0 bridgehead atoms.